The van der Waals surface area contributed by atoms with Crippen molar-refractivity contribution in [2.24, 2.45) is 5.73 Å². The molecule has 0 aliphatic heterocycles. The van der Waals surface area contributed by atoms with Gasteiger partial charge in [0, 0.05) is 17.1 Å². The Labute approximate surface area is 94.0 Å². The molecule has 78 valence electrons. The van der Waals surface area contributed by atoms with Crippen molar-refractivity contribution < 1.29 is 0 Å². The molecular weight excluding hydrogens is 240 g/mol. The van der Waals surface area contributed by atoms with Gasteiger partial charge in [-0.3, -0.25) is 0 Å². The van der Waals surface area contributed by atoms with Crippen LogP contribution in [0, 0.1) is 0 Å². The molecule has 0 radical (unpaired) electrons. The van der Waals surface area contributed by atoms with E-state index in [0.717, 1.165) is 17.4 Å². The smallest absolute Gasteiger partial charge is 0.0455 e. The number of halogens is 1. The van der Waals surface area contributed by atoms with Gasteiger partial charge in [-0.15, -0.1) is 0 Å². The first-order chi connectivity index (χ1) is 6.79. The Kier molecular flexibility index (Phi) is 5.15. The minimum absolute atomic E-state index is 0.255. The van der Waals surface area contributed by atoms with Crippen LogP contribution in [0.2, 0.25) is 0 Å². The molecule has 1 unspecified atom stereocenters. The number of hydrogen-bond acceptors (Lipinski definition) is 2. The summed E-state index contributed by atoms with van der Waals surface area (Å²) < 4.78 is 1.12. The molecule has 0 aromatic heterocycles. The summed E-state index contributed by atoms with van der Waals surface area (Å²) in [6.07, 6.45) is 1.13. The van der Waals surface area contributed by atoms with Crippen LogP contribution in [0.25, 0.3) is 0 Å². The summed E-state index contributed by atoms with van der Waals surface area (Å²) in [5.41, 5.74) is 6.97. The Morgan fingerprint density at radius 2 is 2.14 bits per heavy atom. The molecule has 0 amide bonds. The highest BCUT2D eigenvalue weighted by Gasteiger charge is 2.10. The summed E-state index contributed by atoms with van der Waals surface area (Å²) in [5, 5.41) is 3.42. The summed E-state index contributed by atoms with van der Waals surface area (Å²) in [5.74, 6) is 0. The van der Waals surface area contributed by atoms with Crippen LogP contribution in [0.1, 0.15) is 24.9 Å². The average molecular weight is 257 g/mol. The molecule has 0 fully saturated rings. The van der Waals surface area contributed by atoms with Gasteiger partial charge in [0.25, 0.3) is 0 Å². The third-order valence-corrected chi connectivity index (χ3v) is 2.88. The maximum Gasteiger partial charge on any atom is 0.0455 e. The second kappa shape index (κ2) is 6.17. The highest BCUT2D eigenvalue weighted by Crippen LogP contribution is 2.22. The Morgan fingerprint density at radius 3 is 2.71 bits per heavy atom. The van der Waals surface area contributed by atoms with Crippen LogP contribution in [-0.2, 0) is 0 Å². The molecular formula is C11H17BrN2. The van der Waals surface area contributed by atoms with Crippen molar-refractivity contribution in [3.63, 3.8) is 0 Å². The van der Waals surface area contributed by atoms with Gasteiger partial charge >= 0.3 is 0 Å². The van der Waals surface area contributed by atoms with Crippen molar-refractivity contribution in [3.05, 3.63) is 34.3 Å². The van der Waals surface area contributed by atoms with Crippen molar-refractivity contribution in [2.75, 3.05) is 13.1 Å². The van der Waals surface area contributed by atoms with E-state index in [0.29, 0.717) is 6.54 Å². The Hall–Kier alpha value is -0.380. The lowest BCUT2D eigenvalue weighted by molar-refractivity contribution is 0.538. The van der Waals surface area contributed by atoms with E-state index in [9.17, 15) is 0 Å². The predicted molar refractivity (Wildman–Crippen MR) is 64.2 cm³/mol. The van der Waals surface area contributed by atoms with Gasteiger partial charge in [-0.25, -0.2) is 0 Å². The number of benzene rings is 1. The molecule has 0 aliphatic carbocycles. The van der Waals surface area contributed by atoms with Crippen molar-refractivity contribution in [2.45, 2.75) is 19.4 Å². The van der Waals surface area contributed by atoms with Crippen molar-refractivity contribution in [1.29, 1.82) is 0 Å². The fraction of sp³-hybridized carbons (Fsp3) is 0.455. The number of hydrogen-bond donors (Lipinski definition) is 2. The monoisotopic (exact) mass is 256 g/mol. The molecule has 1 aromatic carbocycles. The highest BCUT2D eigenvalue weighted by molar-refractivity contribution is 9.10. The largest absolute Gasteiger partial charge is 0.329 e. The number of nitrogens with one attached hydrogen (secondary N) is 1. The summed E-state index contributed by atoms with van der Waals surface area (Å²) in [7, 11) is 0. The third kappa shape index (κ3) is 3.08. The number of rotatable bonds is 5. The zero-order chi connectivity index (χ0) is 10.4. The van der Waals surface area contributed by atoms with Gasteiger partial charge in [-0.1, -0.05) is 41.1 Å². The molecule has 14 heavy (non-hydrogen) atoms. The number of nitrogens with two attached hydrogens (primary N) is 1. The Balaban J connectivity index is 2.73. The Morgan fingerprint density at radius 1 is 1.43 bits per heavy atom. The van der Waals surface area contributed by atoms with E-state index in [1.54, 1.807) is 0 Å². The van der Waals surface area contributed by atoms with Gasteiger partial charge in [-0.2, -0.15) is 0 Å². The molecule has 1 rings (SSSR count). The molecule has 0 saturated heterocycles. The molecule has 1 aromatic rings. The second-order valence-corrected chi connectivity index (χ2v) is 4.12. The van der Waals surface area contributed by atoms with E-state index in [4.69, 9.17) is 5.73 Å². The fourth-order valence-corrected chi connectivity index (χ4v) is 1.96. The minimum Gasteiger partial charge on any atom is -0.329 e. The minimum atomic E-state index is 0.255. The van der Waals surface area contributed by atoms with Crippen LogP contribution in [-0.4, -0.2) is 13.1 Å². The normalized spacial score (nSPS) is 12.8. The van der Waals surface area contributed by atoms with Gasteiger partial charge < -0.3 is 11.1 Å². The van der Waals surface area contributed by atoms with Crippen molar-refractivity contribution in [1.82, 2.24) is 5.32 Å². The third-order valence-electron chi connectivity index (χ3n) is 2.16. The lowest BCUT2D eigenvalue weighted by Crippen LogP contribution is -2.29. The fourth-order valence-electron chi connectivity index (χ4n) is 1.40. The molecule has 0 saturated carbocycles. The van der Waals surface area contributed by atoms with Crippen LogP contribution in [0.5, 0.6) is 0 Å². The lowest BCUT2D eigenvalue weighted by atomic mass is 10.1. The summed E-state index contributed by atoms with van der Waals surface area (Å²) in [4.78, 5) is 0. The molecule has 0 bridgehead atoms. The van der Waals surface area contributed by atoms with Crippen LogP contribution in [0.4, 0.5) is 0 Å². The lowest BCUT2D eigenvalue weighted by Gasteiger charge is -2.18. The van der Waals surface area contributed by atoms with Gasteiger partial charge in [-0.05, 0) is 24.6 Å². The van der Waals surface area contributed by atoms with Gasteiger partial charge in [0.2, 0.25) is 0 Å². The zero-order valence-electron chi connectivity index (χ0n) is 8.46. The van der Waals surface area contributed by atoms with E-state index in [1.165, 1.54) is 5.56 Å². The first-order valence-electron chi connectivity index (χ1n) is 4.97. The molecule has 0 heterocycles. The maximum absolute atomic E-state index is 5.73. The SMILES string of the molecule is CCCNC(CN)c1ccccc1Br. The van der Waals surface area contributed by atoms with Crippen LogP contribution < -0.4 is 11.1 Å². The van der Waals surface area contributed by atoms with E-state index >= 15 is 0 Å². The van der Waals surface area contributed by atoms with Gasteiger partial charge in [0.15, 0.2) is 0 Å². The molecule has 3 heteroatoms. The van der Waals surface area contributed by atoms with E-state index in [-0.39, 0.29) is 6.04 Å². The molecule has 2 nitrogen and oxygen atoms in total. The zero-order valence-corrected chi connectivity index (χ0v) is 10.0. The van der Waals surface area contributed by atoms with Crippen LogP contribution in [0.3, 0.4) is 0 Å². The molecule has 0 spiro atoms. The quantitative estimate of drug-likeness (QED) is 0.850. The maximum atomic E-state index is 5.73. The van der Waals surface area contributed by atoms with Crippen LogP contribution in [0.15, 0.2) is 28.7 Å². The van der Waals surface area contributed by atoms with E-state index < -0.39 is 0 Å². The van der Waals surface area contributed by atoms with Crippen LogP contribution >= 0.6 is 15.9 Å². The topological polar surface area (TPSA) is 38.0 Å². The van der Waals surface area contributed by atoms with Gasteiger partial charge in [0.05, 0.1) is 0 Å². The Bertz CT molecular complexity index is 276. The predicted octanol–water partition coefficient (Wildman–Crippen LogP) is 2.45. The average Bonchev–Trinajstić information content (AvgIpc) is 2.21. The first-order valence-corrected chi connectivity index (χ1v) is 5.76. The molecule has 1 atom stereocenters. The summed E-state index contributed by atoms with van der Waals surface area (Å²) >= 11 is 3.53. The van der Waals surface area contributed by atoms with E-state index in [1.807, 2.05) is 18.2 Å². The van der Waals surface area contributed by atoms with Crippen molar-refractivity contribution in [3.8, 4) is 0 Å². The summed E-state index contributed by atoms with van der Waals surface area (Å²) in [6, 6.07) is 8.46. The standard InChI is InChI=1S/C11H17BrN2/c1-2-7-14-11(8-13)9-5-3-4-6-10(9)12/h3-6,11,14H,2,7-8,13H2,1H3. The van der Waals surface area contributed by atoms with E-state index in [2.05, 4.69) is 34.2 Å². The second-order valence-electron chi connectivity index (χ2n) is 3.26. The highest BCUT2D eigenvalue weighted by atomic mass is 79.9. The van der Waals surface area contributed by atoms with Crippen molar-refractivity contribution >= 4 is 15.9 Å². The summed E-state index contributed by atoms with van der Waals surface area (Å²) in [6.45, 7) is 3.78. The first kappa shape index (κ1) is 11.7. The van der Waals surface area contributed by atoms with Gasteiger partial charge in [0.1, 0.15) is 0 Å². The molecule has 3 N–H and O–H groups in total. The molecule has 0 aliphatic rings.